The molecule has 0 aromatic heterocycles. The van der Waals surface area contributed by atoms with Crippen LogP contribution < -0.4 is 4.90 Å². The number of fused-ring (bicyclic) bond motifs is 8. The second-order valence-corrected chi connectivity index (χ2v) is 20.1. The fourth-order valence-corrected chi connectivity index (χ4v) is 11.8. The van der Waals surface area contributed by atoms with Gasteiger partial charge >= 0.3 is 0 Å². The molecule has 2 aliphatic rings. The van der Waals surface area contributed by atoms with Crippen LogP contribution >= 0.6 is 0 Å². The van der Waals surface area contributed by atoms with E-state index in [2.05, 4.69) is 269 Å². The smallest absolute Gasteiger partial charge is 0.0465 e. The van der Waals surface area contributed by atoms with Crippen LogP contribution in [0.15, 0.2) is 237 Å². The molecule has 0 spiro atoms. The Morgan fingerprint density at radius 3 is 1.04 bits per heavy atom. The summed E-state index contributed by atoms with van der Waals surface area (Å²) in [6, 6.07) is 88.1. The van der Waals surface area contributed by atoms with E-state index in [9.17, 15) is 0 Å². The molecule has 1 nitrogen and oxygen atoms in total. The first-order chi connectivity index (χ1) is 33.7. The lowest BCUT2D eigenvalue weighted by Crippen LogP contribution is -2.18. The zero-order valence-corrected chi connectivity index (χ0v) is 39.5. The van der Waals surface area contributed by atoms with Gasteiger partial charge in [0.2, 0.25) is 0 Å². The summed E-state index contributed by atoms with van der Waals surface area (Å²) in [6.07, 6.45) is 0. The van der Waals surface area contributed by atoms with Gasteiger partial charge in [-0.05, 0) is 159 Å². The quantitative estimate of drug-likeness (QED) is 0.154. The Morgan fingerprint density at radius 1 is 0.246 bits per heavy atom. The topological polar surface area (TPSA) is 3.24 Å². The molecule has 0 fully saturated rings. The van der Waals surface area contributed by atoms with Crippen molar-refractivity contribution in [3.05, 3.63) is 259 Å². The van der Waals surface area contributed by atoms with E-state index in [1.807, 2.05) is 0 Å². The first-order valence-corrected chi connectivity index (χ1v) is 24.3. The lowest BCUT2D eigenvalue weighted by Gasteiger charge is -2.30. The lowest BCUT2D eigenvalue weighted by atomic mass is 9.81. The zero-order valence-electron chi connectivity index (χ0n) is 39.5. The van der Waals surface area contributed by atoms with E-state index in [0.717, 1.165) is 17.1 Å². The summed E-state index contributed by atoms with van der Waals surface area (Å²) >= 11 is 0. The maximum absolute atomic E-state index is 2.48. The molecule has 0 heterocycles. The number of anilines is 3. The van der Waals surface area contributed by atoms with Crippen LogP contribution in [0.5, 0.6) is 0 Å². The minimum atomic E-state index is -0.216. The van der Waals surface area contributed by atoms with Crippen molar-refractivity contribution in [3.8, 4) is 66.8 Å². The second kappa shape index (κ2) is 15.7. The van der Waals surface area contributed by atoms with Crippen LogP contribution in [0.2, 0.25) is 0 Å². The van der Waals surface area contributed by atoms with E-state index in [1.165, 1.54) is 111 Å². The van der Waals surface area contributed by atoms with Gasteiger partial charge in [0, 0.05) is 27.9 Å². The Labute approximate surface area is 405 Å². The summed E-state index contributed by atoms with van der Waals surface area (Å²) < 4.78 is 0. The minimum Gasteiger partial charge on any atom is -0.310 e. The molecule has 69 heavy (non-hydrogen) atoms. The van der Waals surface area contributed by atoms with Gasteiger partial charge in [-0.1, -0.05) is 216 Å². The normalized spacial score (nSPS) is 13.7. The highest BCUT2D eigenvalue weighted by atomic mass is 15.1. The number of hydrogen-bond acceptors (Lipinski definition) is 1. The van der Waals surface area contributed by atoms with Gasteiger partial charge in [0.25, 0.3) is 0 Å². The highest BCUT2D eigenvalue weighted by Gasteiger charge is 2.38. The van der Waals surface area contributed by atoms with E-state index >= 15 is 0 Å². The highest BCUT2D eigenvalue weighted by molar-refractivity contribution is 5.99. The molecule has 13 rings (SSSR count). The predicted molar refractivity (Wildman–Crippen MR) is 293 cm³/mol. The number of rotatable bonds is 7. The molecule has 0 bridgehead atoms. The van der Waals surface area contributed by atoms with Crippen LogP contribution in [0.25, 0.3) is 88.3 Å². The predicted octanol–water partition coefficient (Wildman–Crippen LogP) is 18.7. The number of hydrogen-bond donors (Lipinski definition) is 0. The average molecular weight is 882 g/mol. The monoisotopic (exact) mass is 881 g/mol. The largest absolute Gasteiger partial charge is 0.310 e. The van der Waals surface area contributed by atoms with Gasteiger partial charge in [0.05, 0.1) is 0 Å². The van der Waals surface area contributed by atoms with Gasteiger partial charge < -0.3 is 4.90 Å². The maximum atomic E-state index is 2.48. The molecule has 0 unspecified atom stereocenters. The Bertz CT molecular complexity index is 3620. The summed E-state index contributed by atoms with van der Waals surface area (Å²) in [5.74, 6) is 0. The first kappa shape index (κ1) is 41.0. The molecule has 2 aliphatic carbocycles. The Kier molecular flexibility index (Phi) is 9.30. The van der Waals surface area contributed by atoms with Gasteiger partial charge in [-0.25, -0.2) is 0 Å². The molecule has 0 saturated carbocycles. The molecule has 0 saturated heterocycles. The van der Waals surface area contributed by atoms with Crippen LogP contribution in [-0.4, -0.2) is 0 Å². The van der Waals surface area contributed by atoms with Crippen LogP contribution in [0.3, 0.4) is 0 Å². The highest BCUT2D eigenvalue weighted by Crippen LogP contribution is 2.54. The average Bonchev–Trinajstić information content (AvgIpc) is 3.76. The molecule has 1 heteroatoms. The van der Waals surface area contributed by atoms with Crippen molar-refractivity contribution in [1.82, 2.24) is 0 Å². The fourth-order valence-electron chi connectivity index (χ4n) is 11.8. The van der Waals surface area contributed by atoms with Crippen molar-refractivity contribution in [3.63, 3.8) is 0 Å². The molecule has 0 aliphatic heterocycles. The van der Waals surface area contributed by atoms with Crippen molar-refractivity contribution < 1.29 is 0 Å². The van der Waals surface area contributed by atoms with Crippen molar-refractivity contribution in [2.45, 2.75) is 38.5 Å². The fraction of sp³-hybridized carbons (Fsp3) is 0.0882. The van der Waals surface area contributed by atoms with Crippen LogP contribution in [-0.2, 0) is 10.8 Å². The summed E-state index contributed by atoms with van der Waals surface area (Å²) in [7, 11) is 0. The molecule has 11 aromatic rings. The molecule has 0 radical (unpaired) electrons. The van der Waals surface area contributed by atoms with Crippen molar-refractivity contribution in [1.29, 1.82) is 0 Å². The van der Waals surface area contributed by atoms with Gasteiger partial charge in [0.1, 0.15) is 0 Å². The summed E-state index contributed by atoms with van der Waals surface area (Å²) in [5, 5.41) is 5.10. The Balaban J connectivity index is 0.908. The molecular weight excluding hydrogens is 831 g/mol. The third-order valence-electron chi connectivity index (χ3n) is 15.5. The number of benzene rings is 11. The lowest BCUT2D eigenvalue weighted by molar-refractivity contribution is 0.660. The van der Waals surface area contributed by atoms with Crippen LogP contribution in [0, 0.1) is 0 Å². The van der Waals surface area contributed by atoms with Crippen molar-refractivity contribution >= 4 is 38.6 Å². The van der Waals surface area contributed by atoms with Gasteiger partial charge in [-0.2, -0.15) is 0 Å². The van der Waals surface area contributed by atoms with Gasteiger partial charge in [-0.3, -0.25) is 0 Å². The van der Waals surface area contributed by atoms with Crippen molar-refractivity contribution in [2.24, 2.45) is 0 Å². The third kappa shape index (κ3) is 6.60. The van der Waals surface area contributed by atoms with E-state index in [1.54, 1.807) is 0 Å². The summed E-state index contributed by atoms with van der Waals surface area (Å²) in [4.78, 5) is 2.48. The van der Waals surface area contributed by atoms with Crippen molar-refractivity contribution in [2.75, 3.05) is 4.90 Å². The molecular formula is C68H51N. The zero-order chi connectivity index (χ0) is 46.4. The SMILES string of the molecule is CC1(C)c2cc(-c3cccc4ccccc34)ccc2-c2ccc(N(c3ccc(-c4ccc(-c5ccccc5)cc4)cc3)c3ccc4c(c3)C(C)(C)c3cc(-c5cccc6ccccc56)ccc3-4)cc21. The third-order valence-corrected chi connectivity index (χ3v) is 15.5. The van der Waals surface area contributed by atoms with E-state index < -0.39 is 0 Å². The van der Waals surface area contributed by atoms with Crippen LogP contribution in [0.1, 0.15) is 49.9 Å². The molecule has 0 atom stereocenters. The molecule has 0 amide bonds. The maximum Gasteiger partial charge on any atom is 0.0465 e. The van der Waals surface area contributed by atoms with Crippen LogP contribution in [0.4, 0.5) is 17.1 Å². The second-order valence-electron chi connectivity index (χ2n) is 20.1. The van der Waals surface area contributed by atoms with E-state index in [-0.39, 0.29) is 10.8 Å². The Hall–Kier alpha value is -8.26. The standard InChI is InChI=1S/C68H51N/c1-67(2)63-40-50(57-22-12-18-48-16-8-10-20-55(48)57)30-36-59(63)61-38-34-53(42-65(61)67)69(52-32-28-47(29-33-52)46-26-24-45(25-27-46)44-14-6-5-7-15-44)54-35-39-62-60-37-31-51(41-64(60)68(3,4)66(62)43-54)58-23-13-19-49-17-9-11-21-56(49)58/h5-43H,1-4H3. The van der Waals surface area contributed by atoms with Gasteiger partial charge in [-0.15, -0.1) is 0 Å². The summed E-state index contributed by atoms with van der Waals surface area (Å²) in [5.41, 5.74) is 23.6. The Morgan fingerprint density at radius 2 is 0.580 bits per heavy atom. The first-order valence-electron chi connectivity index (χ1n) is 24.3. The molecule has 328 valence electrons. The molecule has 0 N–H and O–H groups in total. The van der Waals surface area contributed by atoms with Gasteiger partial charge in [0.15, 0.2) is 0 Å². The minimum absolute atomic E-state index is 0.216. The number of nitrogens with zero attached hydrogens (tertiary/aromatic N) is 1. The van der Waals surface area contributed by atoms with E-state index in [4.69, 9.17) is 0 Å². The molecule has 11 aromatic carbocycles. The van der Waals surface area contributed by atoms with E-state index in [0.29, 0.717) is 0 Å². The summed E-state index contributed by atoms with van der Waals surface area (Å²) in [6.45, 7) is 9.60.